The highest BCUT2D eigenvalue weighted by Gasteiger charge is 2.58. The van der Waals surface area contributed by atoms with Gasteiger partial charge < -0.3 is 10.1 Å². The molecule has 4 nitrogen and oxygen atoms in total. The van der Waals surface area contributed by atoms with E-state index in [1.54, 1.807) is 0 Å². The third-order valence-corrected chi connectivity index (χ3v) is 5.12. The summed E-state index contributed by atoms with van der Waals surface area (Å²) in [5, 5.41) is 3.38. The summed E-state index contributed by atoms with van der Waals surface area (Å²) in [6, 6.07) is 13.5. The maximum absolute atomic E-state index is 13.0. The summed E-state index contributed by atoms with van der Waals surface area (Å²) in [6.07, 6.45) is 0.961. The number of ether oxygens (including phenoxy) is 1. The second kappa shape index (κ2) is 5.20. The highest BCUT2D eigenvalue weighted by Crippen LogP contribution is 2.49. The smallest absolute Gasteiger partial charge is 0.342 e. The molecule has 1 N–H and O–H groups in total. The molecule has 1 heterocycles. The van der Waals surface area contributed by atoms with Crippen LogP contribution in [0.15, 0.2) is 42.5 Å². The fourth-order valence-electron chi connectivity index (χ4n) is 3.91. The third-order valence-electron chi connectivity index (χ3n) is 5.12. The van der Waals surface area contributed by atoms with Gasteiger partial charge in [0.1, 0.15) is 5.78 Å². The lowest BCUT2D eigenvalue weighted by atomic mass is 9.79. The minimum Gasteiger partial charge on any atom is -0.422 e. The van der Waals surface area contributed by atoms with E-state index in [0.29, 0.717) is 18.6 Å². The summed E-state index contributed by atoms with van der Waals surface area (Å²) < 4.78 is 5.68. The Bertz CT molecular complexity index is 858. The average Bonchev–Trinajstić information content (AvgIpc) is 2.91. The van der Waals surface area contributed by atoms with Crippen molar-refractivity contribution in [1.82, 2.24) is 0 Å². The Morgan fingerprint density at radius 2 is 2.08 bits per heavy atom. The zero-order valence-electron chi connectivity index (χ0n) is 13.8. The number of anilines is 1. The van der Waals surface area contributed by atoms with Gasteiger partial charge in [0, 0.05) is 6.42 Å². The van der Waals surface area contributed by atoms with Crippen molar-refractivity contribution < 1.29 is 14.3 Å². The van der Waals surface area contributed by atoms with Crippen LogP contribution < -0.4 is 10.1 Å². The second-order valence-electron chi connectivity index (χ2n) is 6.56. The summed E-state index contributed by atoms with van der Waals surface area (Å²) in [4.78, 5) is 25.7. The maximum atomic E-state index is 13.0. The van der Waals surface area contributed by atoms with Crippen molar-refractivity contribution in [1.29, 1.82) is 0 Å². The highest BCUT2D eigenvalue weighted by atomic mass is 16.5. The molecule has 4 heteroatoms. The van der Waals surface area contributed by atoms with Crippen molar-refractivity contribution in [2.75, 3.05) is 5.32 Å². The summed E-state index contributed by atoms with van der Waals surface area (Å²) in [7, 11) is 0. The number of benzene rings is 2. The highest BCUT2D eigenvalue weighted by molar-refractivity contribution is 6.00. The topological polar surface area (TPSA) is 55.4 Å². The van der Waals surface area contributed by atoms with Gasteiger partial charge in [0.25, 0.3) is 0 Å². The zero-order valence-corrected chi connectivity index (χ0v) is 13.8. The van der Waals surface area contributed by atoms with E-state index in [1.807, 2.05) is 56.3 Å². The minimum atomic E-state index is -1.12. The third kappa shape index (κ3) is 1.92. The molecule has 1 aliphatic carbocycles. The molecule has 2 aromatic carbocycles. The first-order valence-electron chi connectivity index (χ1n) is 8.28. The first-order chi connectivity index (χ1) is 11.6. The molecule has 0 amide bonds. The quantitative estimate of drug-likeness (QED) is 0.680. The number of Topliss-reactive ketones (excluding diaryl/α,β-unsaturated/α-hetero) is 1. The molecule has 2 aromatic rings. The Balaban J connectivity index is 1.91. The Labute approximate surface area is 140 Å². The molecular formula is C20H19NO3. The molecule has 0 radical (unpaired) electrons. The molecule has 2 aliphatic rings. The number of nitrogens with one attached hydrogen (secondary N) is 1. The van der Waals surface area contributed by atoms with Crippen LogP contribution in [0.25, 0.3) is 0 Å². The monoisotopic (exact) mass is 321 g/mol. The van der Waals surface area contributed by atoms with Gasteiger partial charge in [-0.2, -0.15) is 0 Å². The Hall–Kier alpha value is -2.62. The standard InChI is InChI=1S/C20H19NO3/c1-3-17(22)15-11-13-6-4-5-7-14(13)20(15)19(23)24-18-10-12(2)8-9-16(18)21-20/h4-10,15,21H,3,11H2,1-2H3. The van der Waals surface area contributed by atoms with Crippen LogP contribution in [-0.2, 0) is 21.5 Å². The number of fused-ring (bicyclic) bond motifs is 3. The molecule has 0 fully saturated rings. The predicted octanol–water partition coefficient (Wildman–Crippen LogP) is 3.37. The van der Waals surface area contributed by atoms with Crippen molar-refractivity contribution in [3.63, 3.8) is 0 Å². The van der Waals surface area contributed by atoms with E-state index in [2.05, 4.69) is 5.32 Å². The van der Waals surface area contributed by atoms with Crippen molar-refractivity contribution in [2.45, 2.75) is 32.2 Å². The summed E-state index contributed by atoms with van der Waals surface area (Å²) in [6.45, 7) is 3.79. The summed E-state index contributed by atoms with van der Waals surface area (Å²) in [5.74, 6) is -0.233. The number of carbonyl (C=O) groups excluding carboxylic acids is 2. The molecule has 0 aromatic heterocycles. The molecule has 0 bridgehead atoms. The summed E-state index contributed by atoms with van der Waals surface area (Å²) in [5.41, 5.74) is 2.54. The minimum absolute atomic E-state index is 0.0752. The van der Waals surface area contributed by atoms with Gasteiger partial charge in [0.2, 0.25) is 0 Å². The van der Waals surface area contributed by atoms with E-state index in [1.165, 1.54) is 0 Å². The zero-order chi connectivity index (χ0) is 16.9. The molecule has 4 rings (SSSR count). The van der Waals surface area contributed by atoms with E-state index in [9.17, 15) is 9.59 Å². The van der Waals surface area contributed by atoms with Gasteiger partial charge in [0.15, 0.2) is 11.3 Å². The van der Waals surface area contributed by atoms with E-state index in [-0.39, 0.29) is 5.78 Å². The molecule has 1 spiro atoms. The van der Waals surface area contributed by atoms with E-state index in [0.717, 1.165) is 22.4 Å². The number of hydrogen-bond acceptors (Lipinski definition) is 4. The van der Waals surface area contributed by atoms with Crippen LogP contribution in [0.1, 0.15) is 30.0 Å². The molecule has 0 saturated heterocycles. The van der Waals surface area contributed by atoms with E-state index in [4.69, 9.17) is 4.74 Å². The van der Waals surface area contributed by atoms with Gasteiger partial charge in [-0.25, -0.2) is 4.79 Å². The van der Waals surface area contributed by atoms with Gasteiger partial charge in [-0.15, -0.1) is 0 Å². The van der Waals surface area contributed by atoms with Crippen LogP contribution in [0.5, 0.6) is 5.75 Å². The normalized spacial score (nSPS) is 24.1. The molecular weight excluding hydrogens is 302 g/mol. The van der Waals surface area contributed by atoms with Crippen molar-refractivity contribution in [3.8, 4) is 5.75 Å². The lowest BCUT2D eigenvalue weighted by Crippen LogP contribution is -2.54. The van der Waals surface area contributed by atoms with Crippen molar-refractivity contribution >= 4 is 17.4 Å². The SMILES string of the molecule is CCC(=O)C1Cc2ccccc2C12Nc1ccc(C)cc1OC2=O. The number of ketones is 1. The first-order valence-corrected chi connectivity index (χ1v) is 8.28. The molecule has 2 atom stereocenters. The molecule has 24 heavy (non-hydrogen) atoms. The van der Waals surface area contributed by atoms with Gasteiger partial charge in [0.05, 0.1) is 11.6 Å². The van der Waals surface area contributed by atoms with Crippen molar-refractivity contribution in [2.24, 2.45) is 5.92 Å². The average molecular weight is 321 g/mol. The predicted molar refractivity (Wildman–Crippen MR) is 91.0 cm³/mol. The molecule has 0 saturated carbocycles. The van der Waals surface area contributed by atoms with E-state index < -0.39 is 17.4 Å². The number of aryl methyl sites for hydroxylation is 1. The number of rotatable bonds is 2. The molecule has 1 aliphatic heterocycles. The number of esters is 1. The summed E-state index contributed by atoms with van der Waals surface area (Å²) >= 11 is 0. The second-order valence-corrected chi connectivity index (χ2v) is 6.56. The van der Waals surface area contributed by atoms with Gasteiger partial charge in [-0.3, -0.25) is 4.79 Å². The van der Waals surface area contributed by atoms with Gasteiger partial charge in [-0.05, 0) is 42.2 Å². The largest absolute Gasteiger partial charge is 0.422 e. The maximum Gasteiger partial charge on any atom is 0.342 e. The lowest BCUT2D eigenvalue weighted by molar-refractivity contribution is -0.145. The molecule has 122 valence electrons. The van der Waals surface area contributed by atoms with Crippen LogP contribution in [0.4, 0.5) is 5.69 Å². The van der Waals surface area contributed by atoms with Crippen molar-refractivity contribution in [3.05, 3.63) is 59.2 Å². The van der Waals surface area contributed by atoms with Gasteiger partial charge in [-0.1, -0.05) is 37.3 Å². The lowest BCUT2D eigenvalue weighted by Gasteiger charge is -2.39. The van der Waals surface area contributed by atoms with Gasteiger partial charge >= 0.3 is 5.97 Å². The fraction of sp³-hybridized carbons (Fsp3) is 0.300. The van der Waals surface area contributed by atoms with Crippen LogP contribution in [0.3, 0.4) is 0 Å². The first kappa shape index (κ1) is 14.9. The fourth-order valence-corrected chi connectivity index (χ4v) is 3.91. The van der Waals surface area contributed by atoms with Crippen LogP contribution in [0.2, 0.25) is 0 Å². The van der Waals surface area contributed by atoms with Crippen LogP contribution in [0, 0.1) is 12.8 Å². The number of hydrogen-bond donors (Lipinski definition) is 1. The van der Waals surface area contributed by atoms with Crippen LogP contribution in [-0.4, -0.2) is 11.8 Å². The molecule has 2 unspecified atom stereocenters. The Morgan fingerprint density at radius 1 is 1.29 bits per heavy atom. The number of carbonyl (C=O) groups is 2. The Kier molecular flexibility index (Phi) is 3.23. The van der Waals surface area contributed by atoms with E-state index >= 15 is 0 Å². The Morgan fingerprint density at radius 3 is 2.88 bits per heavy atom. The van der Waals surface area contributed by atoms with Crippen LogP contribution >= 0.6 is 0 Å².